The summed E-state index contributed by atoms with van der Waals surface area (Å²) in [6.45, 7) is 6.45. The highest BCUT2D eigenvalue weighted by Gasteiger charge is 2.40. The van der Waals surface area contributed by atoms with E-state index in [4.69, 9.17) is 9.72 Å². The van der Waals surface area contributed by atoms with Crippen LogP contribution in [0, 0.1) is 18.3 Å². The summed E-state index contributed by atoms with van der Waals surface area (Å²) in [5.74, 6) is 0.616. The van der Waals surface area contributed by atoms with Crippen molar-refractivity contribution in [1.82, 2.24) is 19.4 Å². The molecular weight excluding hydrogens is 540 g/mol. The number of carbonyl (C=O) groups excluding carboxylic acids is 1. The number of nitriles is 1. The zero-order chi connectivity index (χ0) is 30.9. The number of anilines is 4. The van der Waals surface area contributed by atoms with Crippen molar-refractivity contribution in [2.75, 3.05) is 50.3 Å². The summed E-state index contributed by atoms with van der Waals surface area (Å²) in [6, 6.07) is 11.8. The summed E-state index contributed by atoms with van der Waals surface area (Å²) in [5, 5.41) is 17.1. The number of hydrogen-bond acceptors (Lipinski definition) is 8. The van der Waals surface area contributed by atoms with Crippen LogP contribution < -0.4 is 20.3 Å². The summed E-state index contributed by atoms with van der Waals surface area (Å²) in [4.78, 5) is 26.1. The lowest BCUT2D eigenvalue weighted by Crippen LogP contribution is -2.56. The van der Waals surface area contributed by atoms with Gasteiger partial charge >= 0.3 is 0 Å². The molecule has 0 spiro atoms. The molecule has 0 atom stereocenters. The van der Waals surface area contributed by atoms with Crippen molar-refractivity contribution >= 4 is 39.8 Å². The van der Waals surface area contributed by atoms with E-state index in [2.05, 4.69) is 52.2 Å². The number of fused-ring (bicyclic) bond motifs is 1. The number of nitrogens with zero attached hydrogens (tertiary/aromatic N) is 6. The second kappa shape index (κ2) is 11.8. The minimum Gasteiger partial charge on any atom is -0.494 e. The molecule has 0 radical (unpaired) electrons. The molecule has 10 heteroatoms. The summed E-state index contributed by atoms with van der Waals surface area (Å²) < 4.78 is 7.77. The largest absolute Gasteiger partial charge is 0.494 e. The van der Waals surface area contributed by atoms with E-state index in [0.717, 1.165) is 47.1 Å². The predicted octanol–water partition coefficient (Wildman–Crippen LogP) is 5.61. The lowest BCUT2D eigenvalue weighted by molar-refractivity contribution is -0.111. The van der Waals surface area contributed by atoms with Crippen LogP contribution >= 0.6 is 0 Å². The maximum absolute atomic E-state index is 12.5. The Morgan fingerprint density at radius 3 is 2.63 bits per heavy atom. The Morgan fingerprint density at radius 1 is 1.23 bits per heavy atom. The number of methoxy groups -OCH3 is 1. The molecule has 2 aromatic heterocycles. The van der Waals surface area contributed by atoms with E-state index in [-0.39, 0.29) is 11.4 Å². The molecule has 0 bridgehead atoms. The molecule has 0 aliphatic heterocycles. The molecule has 0 unspecified atom stereocenters. The maximum Gasteiger partial charge on any atom is 0.247 e. The molecule has 10 nitrogen and oxygen atoms in total. The van der Waals surface area contributed by atoms with Gasteiger partial charge in [0.15, 0.2) is 0 Å². The van der Waals surface area contributed by atoms with Crippen molar-refractivity contribution in [1.29, 1.82) is 5.26 Å². The van der Waals surface area contributed by atoms with Gasteiger partial charge in [-0.15, -0.1) is 0 Å². The number of amides is 1. The molecule has 1 aliphatic carbocycles. The van der Waals surface area contributed by atoms with Crippen molar-refractivity contribution in [3.8, 4) is 23.1 Å². The molecule has 4 aromatic rings. The van der Waals surface area contributed by atoms with Crippen LogP contribution in [0.3, 0.4) is 0 Å². The van der Waals surface area contributed by atoms with E-state index in [0.29, 0.717) is 34.3 Å². The number of rotatable bonds is 10. The summed E-state index contributed by atoms with van der Waals surface area (Å²) in [6.07, 6.45) is 8.39. The molecule has 1 amide bonds. The molecule has 0 saturated heterocycles. The van der Waals surface area contributed by atoms with E-state index >= 15 is 0 Å². The number of likely N-dealkylation sites (N-methyl/N-ethyl adjacent to an activating group) is 2. The van der Waals surface area contributed by atoms with Crippen molar-refractivity contribution in [3.05, 3.63) is 66.5 Å². The van der Waals surface area contributed by atoms with Crippen LogP contribution in [0.5, 0.6) is 5.75 Å². The fourth-order valence-corrected chi connectivity index (χ4v) is 5.97. The summed E-state index contributed by atoms with van der Waals surface area (Å²) in [5.41, 5.74) is 6.17. The second-order valence-corrected chi connectivity index (χ2v) is 11.4. The highest BCUT2D eigenvalue weighted by atomic mass is 16.5. The molecule has 43 heavy (non-hydrogen) atoms. The van der Waals surface area contributed by atoms with Crippen molar-refractivity contribution in [3.63, 3.8) is 0 Å². The minimum atomic E-state index is -0.310. The normalized spacial score (nSPS) is 13.7. The van der Waals surface area contributed by atoms with E-state index in [9.17, 15) is 10.1 Å². The number of benzene rings is 2. The van der Waals surface area contributed by atoms with Crippen LogP contribution in [0.2, 0.25) is 0 Å². The molecule has 1 saturated carbocycles. The molecule has 1 fully saturated rings. The highest BCUT2D eigenvalue weighted by Crippen LogP contribution is 2.42. The zero-order valence-electron chi connectivity index (χ0n) is 25.7. The smallest absolute Gasteiger partial charge is 0.247 e. The topological polar surface area (TPSA) is 111 Å². The Labute approximate surface area is 252 Å². The van der Waals surface area contributed by atoms with Gasteiger partial charge in [-0.2, -0.15) is 5.26 Å². The van der Waals surface area contributed by atoms with Crippen LogP contribution in [0.1, 0.15) is 30.4 Å². The van der Waals surface area contributed by atoms with Crippen molar-refractivity contribution < 1.29 is 9.53 Å². The highest BCUT2D eigenvalue weighted by molar-refractivity contribution is 6.02. The monoisotopic (exact) mass is 578 g/mol. The Kier molecular flexibility index (Phi) is 8.11. The number of hydrogen-bond donors (Lipinski definition) is 2. The van der Waals surface area contributed by atoms with Gasteiger partial charge in [-0.3, -0.25) is 4.79 Å². The molecule has 2 aromatic carbocycles. The quantitative estimate of drug-likeness (QED) is 0.234. The molecule has 2 N–H and O–H groups in total. The third-order valence-corrected chi connectivity index (χ3v) is 8.53. The first-order valence-corrected chi connectivity index (χ1v) is 14.2. The zero-order valence-corrected chi connectivity index (χ0v) is 25.7. The molecule has 2 heterocycles. The first-order chi connectivity index (χ1) is 20.6. The Morgan fingerprint density at radius 2 is 2.00 bits per heavy atom. The van der Waals surface area contributed by atoms with Gasteiger partial charge in [-0.05, 0) is 76.2 Å². The fraction of sp³-hybridized carbons (Fsp3) is 0.333. The van der Waals surface area contributed by atoms with Gasteiger partial charge in [0.25, 0.3) is 0 Å². The number of carbonyl (C=O) groups is 1. The number of nitrogens with one attached hydrogen (secondary N) is 2. The van der Waals surface area contributed by atoms with E-state index in [1.165, 1.54) is 12.5 Å². The standard InChI is InChI=1S/C33H38N8O2/c1-8-30(42)36-26-16-27(29(43-7)17-28(26)41(6)20-33(39(3)4)11-9-12-33)38-32-35-13-10-25(37-32)22-14-23(18-34)31-24(15-22)21(2)19-40(31)5/h8,10,13-17,19H,1,9,11-12,20H2,2-7H3,(H,36,42)(H,35,37,38). The number of aromatic nitrogens is 3. The van der Waals surface area contributed by atoms with Crippen LogP contribution in [-0.4, -0.2) is 65.7 Å². The van der Waals surface area contributed by atoms with Gasteiger partial charge in [0, 0.05) is 55.6 Å². The summed E-state index contributed by atoms with van der Waals surface area (Å²) >= 11 is 0. The average Bonchev–Trinajstić information content (AvgIpc) is 3.27. The van der Waals surface area contributed by atoms with E-state index in [1.807, 2.05) is 62.1 Å². The lowest BCUT2D eigenvalue weighted by atomic mass is 9.75. The van der Waals surface area contributed by atoms with Gasteiger partial charge < -0.3 is 29.7 Å². The number of ether oxygens (including phenoxy) is 1. The van der Waals surface area contributed by atoms with Crippen molar-refractivity contribution in [2.24, 2.45) is 7.05 Å². The molecule has 222 valence electrons. The van der Waals surface area contributed by atoms with Crippen LogP contribution in [0.15, 0.2) is 55.4 Å². The minimum absolute atomic E-state index is 0.0830. The van der Waals surface area contributed by atoms with Crippen LogP contribution in [0.4, 0.5) is 23.0 Å². The Balaban J connectivity index is 1.51. The Hall–Kier alpha value is -4.88. The predicted molar refractivity (Wildman–Crippen MR) is 172 cm³/mol. The maximum atomic E-state index is 12.5. The average molecular weight is 579 g/mol. The lowest BCUT2D eigenvalue weighted by Gasteiger charge is -2.49. The van der Waals surface area contributed by atoms with Gasteiger partial charge in [-0.25, -0.2) is 9.97 Å². The van der Waals surface area contributed by atoms with E-state index < -0.39 is 0 Å². The first-order valence-electron chi connectivity index (χ1n) is 14.2. The van der Waals surface area contributed by atoms with Crippen LogP contribution in [-0.2, 0) is 11.8 Å². The second-order valence-electron chi connectivity index (χ2n) is 11.4. The van der Waals surface area contributed by atoms with Crippen molar-refractivity contribution in [2.45, 2.75) is 31.7 Å². The first kappa shape index (κ1) is 29.6. The SMILES string of the molecule is C=CC(=O)Nc1cc(Nc2nccc(-c3cc(C#N)c4c(c3)c(C)cn4C)n2)c(OC)cc1N(C)CC1(N(C)C)CCC1. The van der Waals surface area contributed by atoms with Crippen LogP contribution in [0.25, 0.3) is 22.2 Å². The molecule has 1 aliphatic rings. The van der Waals surface area contributed by atoms with E-state index in [1.54, 1.807) is 13.3 Å². The number of aryl methyl sites for hydroxylation is 2. The molecule has 5 rings (SSSR count). The summed E-state index contributed by atoms with van der Waals surface area (Å²) in [7, 11) is 9.82. The van der Waals surface area contributed by atoms with Gasteiger partial charge in [0.05, 0.1) is 40.9 Å². The third-order valence-electron chi connectivity index (χ3n) is 8.53. The third kappa shape index (κ3) is 5.64. The fourth-order valence-electron chi connectivity index (χ4n) is 5.97. The van der Waals surface area contributed by atoms with Gasteiger partial charge in [0.1, 0.15) is 11.8 Å². The molecular formula is C33H38N8O2. The van der Waals surface area contributed by atoms with Gasteiger partial charge in [0.2, 0.25) is 11.9 Å². The Bertz CT molecular complexity index is 1750. The van der Waals surface area contributed by atoms with Gasteiger partial charge in [-0.1, -0.05) is 6.58 Å².